The molecule has 0 bridgehead atoms. The minimum atomic E-state index is -1.84. The Morgan fingerprint density at radius 2 is 0.897 bits per heavy atom. The molecule has 8 N–H and O–H groups in total. The molecule has 9 aliphatic heterocycles. The minimum Gasteiger partial charge on any atom is -0.461 e. The topological polar surface area (TPSA) is 392 Å². The first-order valence-corrected chi connectivity index (χ1v) is 39.4. The van der Waals surface area contributed by atoms with Crippen LogP contribution in [0.4, 0.5) is 38.5 Å². The van der Waals surface area contributed by atoms with Gasteiger partial charge in [-0.15, -0.1) is 0 Å². The van der Waals surface area contributed by atoms with E-state index < -0.39 is 217 Å². The van der Waals surface area contributed by atoms with Crippen molar-refractivity contribution < 1.29 is 104 Å². The van der Waals surface area contributed by atoms with E-state index >= 15 is 24.0 Å². The maximum absolute atomic E-state index is 15.7. The highest BCUT2D eigenvalue weighted by Gasteiger charge is 2.51. The maximum Gasteiger partial charge on any atom is 0.328 e. The number of hydrogen-bond donors (Lipinski definition) is 8. The fraction of sp³-hybridized carbons (Fsp3) is 0.525. The van der Waals surface area contributed by atoms with Gasteiger partial charge in [0, 0.05) is 81.7 Å². The molecule has 32 nitrogen and oxygen atoms in total. The van der Waals surface area contributed by atoms with Crippen LogP contribution in [0.1, 0.15) is 115 Å². The van der Waals surface area contributed by atoms with Crippen molar-refractivity contribution in [1.82, 2.24) is 61.3 Å². The summed E-state index contributed by atoms with van der Waals surface area (Å²) < 4.78 is 81.9. The summed E-state index contributed by atoms with van der Waals surface area (Å²) in [5, 5.41) is 21.0. The van der Waals surface area contributed by atoms with Crippen LogP contribution in [0.5, 0.6) is 11.5 Å². The molecule has 1 unspecified atom stereocenters. The number of cyclic esters (lactones) is 2. The molecule has 8 fully saturated rings. The smallest absolute Gasteiger partial charge is 0.328 e. The Morgan fingerprint density at radius 3 is 1.45 bits per heavy atom. The molecule has 15 atom stereocenters. The Bertz CT molecular complexity index is 4480. The lowest BCUT2D eigenvalue weighted by atomic mass is 9.84. The average Bonchev–Trinajstić information content (AvgIpc) is 1.57. The third-order valence-corrected chi connectivity index (χ3v) is 23.1. The van der Waals surface area contributed by atoms with Gasteiger partial charge in [0.15, 0.2) is 11.5 Å². The molecule has 0 aromatic heterocycles. The first kappa shape index (κ1) is 82.4. The molecule has 4 aromatic rings. The number of halogens is 4. The molecule has 8 saturated heterocycles. The predicted molar refractivity (Wildman–Crippen MR) is 401 cm³/mol. The Hall–Kier alpha value is -11.6. The van der Waals surface area contributed by atoms with Crippen LogP contribution in [0.3, 0.4) is 0 Å². The van der Waals surface area contributed by atoms with E-state index in [1.54, 1.807) is 31.2 Å². The van der Waals surface area contributed by atoms with Crippen LogP contribution < -0.4 is 52.0 Å². The monoisotopic (exact) mass is 1610 g/mol. The number of nitrogens with one attached hydrogen (secondary N) is 8. The van der Waals surface area contributed by atoms with E-state index in [0.29, 0.717) is 48.6 Å². The molecule has 9 aliphatic rings. The van der Waals surface area contributed by atoms with Crippen LogP contribution in [-0.2, 0) is 79.8 Å². The number of piperidine rings is 2. The number of ether oxygens (including phenoxy) is 4. The van der Waals surface area contributed by atoms with Gasteiger partial charge in [-0.05, 0) is 175 Å². The summed E-state index contributed by atoms with van der Waals surface area (Å²) in [6, 6.07) is -3.03. The molecule has 13 rings (SSSR count). The van der Waals surface area contributed by atoms with Crippen LogP contribution in [0.25, 0.3) is 0 Å². The highest BCUT2D eigenvalue weighted by molar-refractivity contribution is 6.01. The van der Waals surface area contributed by atoms with Gasteiger partial charge in [-0.3, -0.25) is 47.9 Å². The van der Waals surface area contributed by atoms with Crippen molar-refractivity contribution in [3.63, 3.8) is 0 Å². The van der Waals surface area contributed by atoms with Crippen molar-refractivity contribution in [2.24, 2.45) is 17.8 Å². The van der Waals surface area contributed by atoms with Gasteiger partial charge in [0.25, 0.3) is 0 Å². The number of esters is 2. The van der Waals surface area contributed by atoms with E-state index in [0.717, 1.165) is 29.8 Å². The fourth-order valence-corrected chi connectivity index (χ4v) is 17.4. The van der Waals surface area contributed by atoms with Crippen LogP contribution in [0, 0.1) is 47.9 Å². The lowest BCUT2D eigenvalue weighted by Crippen LogP contribution is -2.62. The van der Waals surface area contributed by atoms with Crippen molar-refractivity contribution in [1.29, 1.82) is 0 Å². The molecular weight excluding hydrogens is 1520 g/mol. The van der Waals surface area contributed by atoms with E-state index in [1.807, 2.05) is 6.92 Å². The molecule has 0 radical (unpaired) electrons. The Morgan fingerprint density at radius 1 is 0.448 bits per heavy atom. The van der Waals surface area contributed by atoms with Crippen molar-refractivity contribution in [3.8, 4) is 11.5 Å². The molecule has 0 spiro atoms. The lowest BCUT2D eigenvalue weighted by Gasteiger charge is -2.42. The number of urea groups is 2. The summed E-state index contributed by atoms with van der Waals surface area (Å²) in [5.41, 5.74) is 1.20. The van der Waals surface area contributed by atoms with E-state index in [-0.39, 0.29) is 127 Å². The third-order valence-electron chi connectivity index (χ3n) is 23.1. The molecule has 0 saturated carbocycles. The van der Waals surface area contributed by atoms with Gasteiger partial charge in [-0.25, -0.2) is 36.7 Å². The predicted octanol–water partition coefficient (Wildman–Crippen LogP) is 3.35. The second-order valence-corrected chi connectivity index (χ2v) is 31.6. The second-order valence-electron chi connectivity index (χ2n) is 31.6. The molecule has 14 amide bonds. The van der Waals surface area contributed by atoms with Crippen molar-refractivity contribution in [2.75, 3.05) is 69.9 Å². The zero-order chi connectivity index (χ0) is 82.5. The van der Waals surface area contributed by atoms with E-state index in [9.17, 15) is 60.7 Å². The second kappa shape index (κ2) is 35.6. The van der Waals surface area contributed by atoms with Crippen molar-refractivity contribution in [3.05, 3.63) is 119 Å². The van der Waals surface area contributed by atoms with Crippen LogP contribution >= 0.6 is 0 Å². The number of carbonyl (C=O) groups is 14. The number of anilines is 2. The van der Waals surface area contributed by atoms with E-state index in [2.05, 4.69) is 42.5 Å². The molecule has 36 heteroatoms. The molecular formula is C80H94F4N14O18. The summed E-state index contributed by atoms with van der Waals surface area (Å²) in [6.07, 6.45) is 1.12. The summed E-state index contributed by atoms with van der Waals surface area (Å²) >= 11 is 0. The normalized spacial score (nSPS) is 27.4. The summed E-state index contributed by atoms with van der Waals surface area (Å²) in [4.78, 5) is 215. The Kier molecular flexibility index (Phi) is 25.3. The van der Waals surface area contributed by atoms with Gasteiger partial charge >= 0.3 is 24.0 Å². The molecule has 4 aromatic carbocycles. The SMILES string of the molecule is Cc1ccc(NC(=O)N[C@@H](Cc2cc(F)cc(F)c2)C(=O)N[C@H]2COC(=O)[C@@H]3C[C@H](C)CN3C(=O)[C@H](C)NC(=O)[C@@H]3CCC(C[C@H]4C[C@H]5C(=O)OC[C@H](NC(=O)[C@H](Cc6cc(F)cc(F)c6)NC(=O)Nc6ccc7c(c6)OCO7)C(=O)N6CCC[C@H]6C(=O)N6CCCC[C@H]6C(=O)N[C@@H](C)C(=O)N5C4)CN3C(=O)[C@@H]3CCCN3C2=O)cc1. The number of nitrogens with zero attached hydrogens (tertiary/aromatic N) is 6. The number of aryl methyl sites for hydroxylation is 1. The number of carbonyl (C=O) groups excluding carboxylic acids is 14. The van der Waals surface area contributed by atoms with Crippen LogP contribution in [-0.4, -0.2) is 244 Å². The minimum absolute atomic E-state index is 0.0227. The Labute approximate surface area is 664 Å². The van der Waals surface area contributed by atoms with Crippen LogP contribution in [0.15, 0.2) is 78.9 Å². The largest absolute Gasteiger partial charge is 0.461 e. The number of rotatable bonds is 14. The highest BCUT2D eigenvalue weighted by Crippen LogP contribution is 2.38. The summed E-state index contributed by atoms with van der Waals surface area (Å²) in [5.74, 6) is -14.9. The zero-order valence-corrected chi connectivity index (χ0v) is 64.5. The Balaban J connectivity index is 0.773. The van der Waals surface area contributed by atoms with E-state index in [4.69, 9.17) is 18.9 Å². The third kappa shape index (κ3) is 19.0. The average molecular weight is 1620 g/mol. The standard InChI is InChI=1S/C80H94F4N14O18/c1-41-12-15-53(16-13-41)87-79(111)91-55(29-46-25-49(81)32-50(82)26-46)67(99)89-57-38-113-77(109)63-23-42(2)35-96(63)71(103)43(3)86-70(102)60-18-14-45(36-97(60)76(108)62-11-8-22-95(62)74(57)106)24-48-31-64-78(110)114-39-58(73(105)94-21-7-10-61(94)75(107)93-20-6-5-9-59(93)69(101)85-44(4)72(104)98(64)37-48)90-68(100)56(30-47-27-51(83)33-52(84)28-47)92-80(112)88-54-17-19-65-66(34-54)116-40-115-65/h12-13,15-17,19,25-28,32-34,42-45,48,55-64H,5-11,14,18,20-24,29-31,35-40H2,1-4H3,(H,85,101)(H,86,102)(H,89,99)(H,90,100)(H2,87,91,111)(H2,88,92,112)/t42-,43-,44-,45?,48-,55-,56-,57-,58-,59-,60-,61-,62-,63-,64-/m0/s1. The number of fused-ring (bicyclic) bond motifs is 7. The van der Waals surface area contributed by atoms with Gasteiger partial charge in [-0.2, -0.15) is 0 Å². The highest BCUT2D eigenvalue weighted by atomic mass is 19.1. The quantitative estimate of drug-likeness (QED) is 0.0663. The molecule has 116 heavy (non-hydrogen) atoms. The van der Waals surface area contributed by atoms with Crippen molar-refractivity contribution >= 4 is 94.4 Å². The number of hydrogen-bond acceptors (Lipinski definition) is 18. The molecule has 620 valence electrons. The van der Waals surface area contributed by atoms with E-state index in [1.165, 1.54) is 61.4 Å². The zero-order valence-electron chi connectivity index (χ0n) is 64.5. The molecule has 0 aliphatic carbocycles. The molecule has 9 heterocycles. The van der Waals surface area contributed by atoms with Gasteiger partial charge in [0.1, 0.15) is 109 Å². The van der Waals surface area contributed by atoms with Gasteiger partial charge in [0.2, 0.25) is 65.9 Å². The summed E-state index contributed by atoms with van der Waals surface area (Å²) in [7, 11) is 0. The van der Waals surface area contributed by atoms with Crippen LogP contribution in [0.2, 0.25) is 0 Å². The summed E-state index contributed by atoms with van der Waals surface area (Å²) in [6.45, 7) is 4.30. The first-order valence-electron chi connectivity index (χ1n) is 39.4. The van der Waals surface area contributed by atoms with Crippen molar-refractivity contribution in [2.45, 2.75) is 190 Å². The fourth-order valence-electron chi connectivity index (χ4n) is 17.4. The van der Waals surface area contributed by atoms with Gasteiger partial charge in [-0.1, -0.05) is 24.6 Å². The van der Waals surface area contributed by atoms with Gasteiger partial charge < -0.3 is 90.9 Å². The number of benzene rings is 4. The maximum atomic E-state index is 15.7. The lowest BCUT2D eigenvalue weighted by molar-refractivity contribution is -0.158. The van der Waals surface area contributed by atoms with Gasteiger partial charge in [0.05, 0.1) is 0 Å². The first-order chi connectivity index (χ1) is 55.5. The number of amides is 14.